The van der Waals surface area contributed by atoms with Crippen molar-refractivity contribution in [2.75, 3.05) is 27.2 Å². The monoisotopic (exact) mass is 752 g/mol. The van der Waals surface area contributed by atoms with Crippen molar-refractivity contribution in [1.82, 2.24) is 28.9 Å². The zero-order valence-corrected chi connectivity index (χ0v) is 33.1. The molecule has 2 aromatic heterocycles. The minimum Gasteiger partial charge on any atom is -0.497 e. The highest BCUT2D eigenvalue weighted by atomic mass is 32.2. The lowest BCUT2D eigenvalue weighted by molar-refractivity contribution is 0.0414. The maximum atomic E-state index is 14.6. The summed E-state index contributed by atoms with van der Waals surface area (Å²) in [4.78, 5) is 32.5. The van der Waals surface area contributed by atoms with Crippen molar-refractivity contribution in [3.63, 3.8) is 0 Å². The van der Waals surface area contributed by atoms with E-state index < -0.39 is 21.2 Å². The normalized spacial score (nSPS) is 21.1. The molecule has 0 radical (unpaired) electrons. The van der Waals surface area contributed by atoms with E-state index in [9.17, 15) is 18.0 Å². The fraction of sp³-hybridized carbons (Fsp3) is 0.500. The molecule has 2 saturated carbocycles. The first kappa shape index (κ1) is 36.6. The molecule has 286 valence electrons. The molecule has 2 aromatic carbocycles. The summed E-state index contributed by atoms with van der Waals surface area (Å²) < 4.78 is 38.0. The molecule has 2 aliphatic heterocycles. The topological polar surface area (TPSA) is 119 Å². The number of fused-ring (bicyclic) bond motifs is 5. The number of rotatable bonds is 8. The van der Waals surface area contributed by atoms with Crippen LogP contribution in [0.5, 0.6) is 5.75 Å². The Morgan fingerprint density at radius 1 is 0.944 bits per heavy atom. The molecule has 8 rings (SSSR count). The maximum absolute atomic E-state index is 14.6. The van der Waals surface area contributed by atoms with Gasteiger partial charge in [-0.25, -0.2) is 13.1 Å². The van der Waals surface area contributed by atoms with Crippen LogP contribution in [0.15, 0.2) is 42.6 Å². The molecule has 0 unspecified atom stereocenters. The molecular formula is C42H52N6O5S. The third-order valence-corrected chi connectivity index (χ3v) is 14.0. The average molecular weight is 753 g/mol. The highest BCUT2D eigenvalue weighted by molar-refractivity contribution is 7.90. The Balaban J connectivity index is 1.33. The van der Waals surface area contributed by atoms with Crippen LogP contribution >= 0.6 is 0 Å². The molecule has 3 fully saturated rings. The summed E-state index contributed by atoms with van der Waals surface area (Å²) in [5, 5.41) is 5.21. The number of piperazine rings is 1. The van der Waals surface area contributed by atoms with Gasteiger partial charge in [-0.3, -0.25) is 19.2 Å². The lowest BCUT2D eigenvalue weighted by atomic mass is 9.81. The molecule has 2 atom stereocenters. The van der Waals surface area contributed by atoms with Crippen LogP contribution in [-0.2, 0) is 16.6 Å². The number of aromatic nitrogens is 3. The number of amides is 2. The van der Waals surface area contributed by atoms with Gasteiger partial charge >= 0.3 is 0 Å². The number of sulfonamides is 1. The van der Waals surface area contributed by atoms with E-state index in [1.165, 1.54) is 12.0 Å². The van der Waals surface area contributed by atoms with E-state index in [1.54, 1.807) is 33.2 Å². The summed E-state index contributed by atoms with van der Waals surface area (Å²) in [5.41, 5.74) is 7.95. The van der Waals surface area contributed by atoms with Crippen LogP contribution in [0.3, 0.4) is 0 Å². The van der Waals surface area contributed by atoms with E-state index in [0.717, 1.165) is 83.3 Å². The Morgan fingerprint density at radius 3 is 2.33 bits per heavy atom. The summed E-state index contributed by atoms with van der Waals surface area (Å²) in [6.07, 6.45) is 11.6. The minimum absolute atomic E-state index is 0.00878. The fourth-order valence-electron chi connectivity index (χ4n) is 8.81. The number of hydrogen-bond donors (Lipinski definition) is 1. The largest absolute Gasteiger partial charge is 0.497 e. The van der Waals surface area contributed by atoms with E-state index in [4.69, 9.17) is 9.84 Å². The second kappa shape index (κ2) is 14.0. The van der Waals surface area contributed by atoms with E-state index in [2.05, 4.69) is 58.0 Å². The van der Waals surface area contributed by atoms with Crippen molar-refractivity contribution >= 4 is 44.4 Å². The summed E-state index contributed by atoms with van der Waals surface area (Å²) in [6.45, 7) is 9.15. The molecule has 0 bridgehead atoms. The predicted molar refractivity (Wildman–Crippen MR) is 212 cm³/mol. The maximum Gasteiger partial charge on any atom is 0.264 e. The van der Waals surface area contributed by atoms with Crippen molar-refractivity contribution in [2.24, 2.45) is 0 Å². The number of nitrogens with zero attached hydrogens (tertiary/aromatic N) is 5. The molecule has 12 heteroatoms. The molecule has 11 nitrogen and oxygen atoms in total. The predicted octanol–water partition coefficient (Wildman–Crippen LogP) is 7.08. The first-order chi connectivity index (χ1) is 25.9. The second-order valence-corrected chi connectivity index (χ2v) is 18.5. The van der Waals surface area contributed by atoms with E-state index in [1.807, 2.05) is 23.1 Å². The van der Waals surface area contributed by atoms with Crippen LogP contribution in [0.2, 0.25) is 0 Å². The van der Waals surface area contributed by atoms with Crippen molar-refractivity contribution in [3.8, 4) is 17.0 Å². The summed E-state index contributed by atoms with van der Waals surface area (Å²) in [6, 6.07) is 12.5. The average Bonchev–Trinajstić information content (AvgIpc) is 3.87. The quantitative estimate of drug-likeness (QED) is 0.204. The number of likely N-dealkylation sites (N-methyl/N-ethyl adjacent to an activating group) is 1. The van der Waals surface area contributed by atoms with E-state index in [0.29, 0.717) is 31.1 Å². The van der Waals surface area contributed by atoms with Gasteiger partial charge in [0.1, 0.15) is 5.75 Å². The summed E-state index contributed by atoms with van der Waals surface area (Å²) in [5.74, 6) is 0.409. The van der Waals surface area contributed by atoms with Gasteiger partial charge < -0.3 is 14.2 Å². The second-order valence-electron chi connectivity index (χ2n) is 16.2. The third-order valence-electron chi connectivity index (χ3n) is 12.3. The van der Waals surface area contributed by atoms with Gasteiger partial charge in [0.25, 0.3) is 11.8 Å². The first-order valence-electron chi connectivity index (χ1n) is 19.6. The number of hydrogen-bond acceptors (Lipinski definition) is 7. The van der Waals surface area contributed by atoms with Crippen LogP contribution in [0, 0.1) is 0 Å². The zero-order valence-electron chi connectivity index (χ0n) is 32.3. The van der Waals surface area contributed by atoms with Crippen LogP contribution in [-0.4, -0.2) is 89.0 Å². The molecule has 1 saturated heterocycles. The van der Waals surface area contributed by atoms with Crippen molar-refractivity contribution < 1.29 is 22.7 Å². The Labute approximate surface area is 318 Å². The van der Waals surface area contributed by atoms with Gasteiger partial charge in [0.15, 0.2) is 0 Å². The van der Waals surface area contributed by atoms with Crippen molar-refractivity contribution in [3.05, 3.63) is 70.5 Å². The number of carbonyl (C=O) groups excluding carboxylic acids is 2. The number of carbonyl (C=O) groups is 2. The molecule has 4 aliphatic rings. The standard InChI is InChI=1S/C42H52N6O5S/c1-25(2)54(51,52)44-41(49)29-12-16-35-37(20-29)47-24-31(18-30-19-33(53-6)15-17-34(30)40(47)38(35)28-10-8-7-9-11-28)39-36(21-43-48(39)32-13-14-32)42(50)46-22-26(3)45(5)27(4)23-46/h12,15-21,25-28,32H,7-11,13-14,22-24H2,1-6H3,(H,44,49)/t26-,27+. The van der Waals surface area contributed by atoms with Crippen molar-refractivity contribution in [1.29, 1.82) is 0 Å². The fourth-order valence-corrected chi connectivity index (χ4v) is 9.42. The lowest BCUT2D eigenvalue weighted by Gasteiger charge is -2.42. The van der Waals surface area contributed by atoms with Gasteiger partial charge in [-0.2, -0.15) is 5.10 Å². The Kier molecular flexibility index (Phi) is 9.49. The highest BCUT2D eigenvalue weighted by Crippen LogP contribution is 2.48. The third kappa shape index (κ3) is 6.44. The summed E-state index contributed by atoms with van der Waals surface area (Å²) in [7, 11) is -0.0372. The molecule has 2 amide bonds. The zero-order chi connectivity index (χ0) is 38.1. The highest BCUT2D eigenvalue weighted by Gasteiger charge is 2.37. The molecular weight excluding hydrogens is 701 g/mol. The van der Waals surface area contributed by atoms with Crippen molar-refractivity contribution in [2.45, 2.75) is 108 Å². The molecule has 4 aromatic rings. The number of methoxy groups -OCH3 is 1. The summed E-state index contributed by atoms with van der Waals surface area (Å²) >= 11 is 0. The van der Waals surface area contributed by atoms with Crippen LogP contribution < -0.4 is 9.46 Å². The van der Waals surface area contributed by atoms with Gasteiger partial charge in [0.2, 0.25) is 10.0 Å². The number of nitrogens with one attached hydrogen (secondary N) is 1. The van der Waals surface area contributed by atoms with Crippen LogP contribution in [0.4, 0.5) is 0 Å². The lowest BCUT2D eigenvalue weighted by Crippen LogP contribution is -2.56. The van der Waals surface area contributed by atoms with Crippen LogP contribution in [0.25, 0.3) is 33.8 Å². The van der Waals surface area contributed by atoms with Gasteiger partial charge in [-0.15, -0.1) is 0 Å². The minimum atomic E-state index is -3.83. The Morgan fingerprint density at radius 2 is 1.67 bits per heavy atom. The Hall–Kier alpha value is -4.42. The van der Waals surface area contributed by atoms with Gasteiger partial charge in [0, 0.05) is 47.2 Å². The smallest absolute Gasteiger partial charge is 0.264 e. The Bertz CT molecular complexity index is 2260. The molecule has 1 N–H and O–H groups in total. The number of benzene rings is 2. The number of allylic oxidation sites excluding steroid dienone is 1. The number of ether oxygens (including phenoxy) is 1. The van der Waals surface area contributed by atoms with Gasteiger partial charge in [0.05, 0.1) is 48.1 Å². The molecule has 54 heavy (non-hydrogen) atoms. The van der Waals surface area contributed by atoms with E-state index in [-0.39, 0.29) is 29.6 Å². The van der Waals surface area contributed by atoms with Crippen LogP contribution in [0.1, 0.15) is 122 Å². The van der Waals surface area contributed by atoms with E-state index >= 15 is 0 Å². The molecule has 2 aliphatic carbocycles. The first-order valence-corrected chi connectivity index (χ1v) is 21.1. The van der Waals surface area contributed by atoms with Gasteiger partial charge in [-0.05, 0) is 119 Å². The molecule has 0 spiro atoms. The SMILES string of the molecule is COc1ccc2c(c1)C=C(c1c(C(=O)N3C[C@@H](C)N(C)[C@@H](C)C3)cnn1C1CC1)Cn1c-2c(C2CCCCC2)c2ccc(C(=O)NS(=O)(=O)C(C)C)cc21. The van der Waals surface area contributed by atoms with Gasteiger partial charge in [-0.1, -0.05) is 25.3 Å². The molecule has 4 heterocycles.